The van der Waals surface area contributed by atoms with Gasteiger partial charge in [-0.2, -0.15) is 0 Å². The fraction of sp³-hybridized carbons (Fsp3) is 0.500. The molecule has 0 bridgehead atoms. The molecule has 2 aliphatic rings. The molecule has 1 aromatic carbocycles. The standard InChI is InChI=1S/C14H17NO2/c1-17-10-4-2-9-3-6-13-11(12(9)8-10)5-7-14(16)15-13/h2,4,8,11,13H,3,5-7H2,1H3,(H,15,16)/t11-,13-/m0/s1. The fourth-order valence-corrected chi connectivity index (χ4v) is 3.10. The molecule has 2 atom stereocenters. The van der Waals surface area contributed by atoms with Crippen LogP contribution in [0.4, 0.5) is 0 Å². The molecule has 1 heterocycles. The lowest BCUT2D eigenvalue weighted by Gasteiger charge is -2.37. The van der Waals surface area contributed by atoms with Crippen molar-refractivity contribution in [1.29, 1.82) is 0 Å². The van der Waals surface area contributed by atoms with Gasteiger partial charge in [-0.1, -0.05) is 6.07 Å². The van der Waals surface area contributed by atoms with E-state index in [9.17, 15) is 4.79 Å². The molecule has 0 unspecified atom stereocenters. The van der Waals surface area contributed by atoms with E-state index in [0.29, 0.717) is 18.4 Å². The molecule has 17 heavy (non-hydrogen) atoms. The number of amides is 1. The Morgan fingerprint density at radius 1 is 1.29 bits per heavy atom. The molecule has 3 heteroatoms. The van der Waals surface area contributed by atoms with E-state index >= 15 is 0 Å². The van der Waals surface area contributed by atoms with E-state index in [1.165, 1.54) is 11.1 Å². The van der Waals surface area contributed by atoms with Crippen LogP contribution in [0.2, 0.25) is 0 Å². The third kappa shape index (κ3) is 1.79. The predicted octanol–water partition coefficient (Wildman–Crippen LogP) is 2.00. The van der Waals surface area contributed by atoms with Gasteiger partial charge in [0.2, 0.25) is 5.91 Å². The first-order chi connectivity index (χ1) is 8.28. The van der Waals surface area contributed by atoms with Crippen LogP contribution in [0.5, 0.6) is 5.75 Å². The van der Waals surface area contributed by atoms with Gasteiger partial charge in [-0.05, 0) is 42.5 Å². The van der Waals surface area contributed by atoms with Crippen LogP contribution in [0.3, 0.4) is 0 Å². The second kappa shape index (κ2) is 4.06. The molecule has 3 rings (SSSR count). The lowest BCUT2D eigenvalue weighted by atomic mass is 9.75. The molecule has 1 amide bonds. The Hall–Kier alpha value is -1.51. The summed E-state index contributed by atoms with van der Waals surface area (Å²) >= 11 is 0. The summed E-state index contributed by atoms with van der Waals surface area (Å²) in [6.07, 6.45) is 3.74. The second-order valence-corrected chi connectivity index (χ2v) is 4.92. The van der Waals surface area contributed by atoms with E-state index in [-0.39, 0.29) is 5.91 Å². The Bertz CT molecular complexity index is 456. The monoisotopic (exact) mass is 231 g/mol. The van der Waals surface area contributed by atoms with Gasteiger partial charge in [0, 0.05) is 18.4 Å². The van der Waals surface area contributed by atoms with Gasteiger partial charge in [-0.25, -0.2) is 0 Å². The highest BCUT2D eigenvalue weighted by Gasteiger charge is 2.34. The van der Waals surface area contributed by atoms with Crippen molar-refractivity contribution in [3.63, 3.8) is 0 Å². The largest absolute Gasteiger partial charge is 0.497 e. The molecule has 1 N–H and O–H groups in total. The van der Waals surface area contributed by atoms with E-state index in [1.54, 1.807) is 7.11 Å². The molecule has 1 aliphatic heterocycles. The lowest BCUT2D eigenvalue weighted by Crippen LogP contribution is -2.45. The summed E-state index contributed by atoms with van der Waals surface area (Å²) in [5.74, 6) is 1.60. The van der Waals surface area contributed by atoms with E-state index in [0.717, 1.165) is 25.0 Å². The minimum atomic E-state index is 0.206. The van der Waals surface area contributed by atoms with Crippen molar-refractivity contribution in [2.75, 3.05) is 7.11 Å². The van der Waals surface area contributed by atoms with Crippen LogP contribution in [0.25, 0.3) is 0 Å². The van der Waals surface area contributed by atoms with E-state index in [2.05, 4.69) is 17.4 Å². The van der Waals surface area contributed by atoms with Crippen LogP contribution in [-0.4, -0.2) is 19.1 Å². The third-order valence-electron chi connectivity index (χ3n) is 3.99. The van der Waals surface area contributed by atoms with Crippen LogP contribution in [0.15, 0.2) is 18.2 Å². The summed E-state index contributed by atoms with van der Waals surface area (Å²) in [5, 5.41) is 3.12. The first-order valence-corrected chi connectivity index (χ1v) is 6.24. The summed E-state index contributed by atoms with van der Waals surface area (Å²) in [7, 11) is 1.70. The lowest BCUT2D eigenvalue weighted by molar-refractivity contribution is -0.123. The predicted molar refractivity (Wildman–Crippen MR) is 65.2 cm³/mol. The van der Waals surface area contributed by atoms with Crippen molar-refractivity contribution in [2.45, 2.75) is 37.6 Å². The maximum Gasteiger partial charge on any atom is 0.220 e. The van der Waals surface area contributed by atoms with Crippen LogP contribution in [-0.2, 0) is 11.2 Å². The molecule has 1 saturated heterocycles. The Kier molecular flexibility index (Phi) is 2.54. The summed E-state index contributed by atoms with van der Waals surface area (Å²) in [4.78, 5) is 11.4. The quantitative estimate of drug-likeness (QED) is 0.803. The van der Waals surface area contributed by atoms with Crippen molar-refractivity contribution in [1.82, 2.24) is 5.32 Å². The maximum absolute atomic E-state index is 11.4. The van der Waals surface area contributed by atoms with Crippen LogP contribution in [0, 0.1) is 0 Å². The summed E-state index contributed by atoms with van der Waals surface area (Å²) in [6, 6.07) is 6.67. The number of fused-ring (bicyclic) bond motifs is 3. The molecule has 1 aromatic rings. The maximum atomic E-state index is 11.4. The highest BCUT2D eigenvalue weighted by atomic mass is 16.5. The van der Waals surface area contributed by atoms with Crippen molar-refractivity contribution < 1.29 is 9.53 Å². The Balaban J connectivity index is 1.97. The molecule has 0 aromatic heterocycles. The number of piperidine rings is 1. The smallest absolute Gasteiger partial charge is 0.220 e. The highest BCUT2D eigenvalue weighted by Crippen LogP contribution is 2.38. The molecule has 0 spiro atoms. The van der Waals surface area contributed by atoms with Gasteiger partial charge >= 0.3 is 0 Å². The summed E-state index contributed by atoms with van der Waals surface area (Å²) in [6.45, 7) is 0. The molecule has 1 fully saturated rings. The summed E-state index contributed by atoms with van der Waals surface area (Å²) in [5.41, 5.74) is 2.80. The van der Waals surface area contributed by atoms with E-state index in [1.807, 2.05) is 6.07 Å². The van der Waals surface area contributed by atoms with E-state index < -0.39 is 0 Å². The van der Waals surface area contributed by atoms with Crippen molar-refractivity contribution in [2.24, 2.45) is 0 Å². The zero-order valence-electron chi connectivity index (χ0n) is 10.0. The van der Waals surface area contributed by atoms with Crippen LogP contribution in [0.1, 0.15) is 36.3 Å². The minimum absolute atomic E-state index is 0.206. The normalized spacial score (nSPS) is 26.8. The zero-order chi connectivity index (χ0) is 11.8. The zero-order valence-corrected chi connectivity index (χ0v) is 10.0. The number of benzene rings is 1. The van der Waals surface area contributed by atoms with Gasteiger partial charge in [0.1, 0.15) is 5.75 Å². The molecule has 0 saturated carbocycles. The number of carbonyl (C=O) groups excluding carboxylic acids is 1. The van der Waals surface area contributed by atoms with Gasteiger partial charge in [0.25, 0.3) is 0 Å². The van der Waals surface area contributed by atoms with Crippen molar-refractivity contribution >= 4 is 5.91 Å². The van der Waals surface area contributed by atoms with Gasteiger partial charge in [-0.15, -0.1) is 0 Å². The SMILES string of the molecule is COc1ccc2c(c1)[C@@H]1CCC(=O)N[C@H]1CC2. The third-order valence-corrected chi connectivity index (χ3v) is 3.99. The summed E-state index contributed by atoms with van der Waals surface area (Å²) < 4.78 is 5.29. The number of methoxy groups -OCH3 is 1. The molecule has 3 nitrogen and oxygen atoms in total. The minimum Gasteiger partial charge on any atom is -0.497 e. The number of rotatable bonds is 1. The number of carbonyl (C=O) groups is 1. The molecular formula is C14H17NO2. The second-order valence-electron chi connectivity index (χ2n) is 4.92. The van der Waals surface area contributed by atoms with Gasteiger partial charge < -0.3 is 10.1 Å². The average Bonchev–Trinajstić information content (AvgIpc) is 2.37. The Morgan fingerprint density at radius 2 is 2.18 bits per heavy atom. The number of hydrogen-bond donors (Lipinski definition) is 1. The molecule has 90 valence electrons. The van der Waals surface area contributed by atoms with Crippen molar-refractivity contribution in [3.05, 3.63) is 29.3 Å². The number of aryl methyl sites for hydroxylation is 1. The van der Waals surface area contributed by atoms with Crippen LogP contribution >= 0.6 is 0 Å². The van der Waals surface area contributed by atoms with Crippen LogP contribution < -0.4 is 10.1 Å². The molecule has 0 radical (unpaired) electrons. The molecular weight excluding hydrogens is 214 g/mol. The average molecular weight is 231 g/mol. The fourth-order valence-electron chi connectivity index (χ4n) is 3.10. The van der Waals surface area contributed by atoms with Gasteiger partial charge in [0.05, 0.1) is 7.11 Å². The first kappa shape index (κ1) is 10.6. The first-order valence-electron chi connectivity index (χ1n) is 6.24. The molecule has 1 aliphatic carbocycles. The van der Waals surface area contributed by atoms with E-state index in [4.69, 9.17) is 4.74 Å². The highest BCUT2D eigenvalue weighted by molar-refractivity contribution is 5.77. The number of nitrogens with one attached hydrogen (secondary N) is 1. The number of hydrogen-bond acceptors (Lipinski definition) is 2. The Morgan fingerprint density at radius 3 is 3.00 bits per heavy atom. The number of ether oxygens (including phenoxy) is 1. The topological polar surface area (TPSA) is 38.3 Å². The van der Waals surface area contributed by atoms with Gasteiger partial charge in [0.15, 0.2) is 0 Å². The van der Waals surface area contributed by atoms with Crippen molar-refractivity contribution in [3.8, 4) is 5.75 Å². The Labute approximate surface area is 101 Å². The van der Waals surface area contributed by atoms with Gasteiger partial charge in [-0.3, -0.25) is 4.79 Å².